The van der Waals surface area contributed by atoms with Crippen molar-refractivity contribution in [3.05, 3.63) is 11.3 Å². The molecule has 0 aromatic rings. The third-order valence-corrected chi connectivity index (χ3v) is 6.60. The number of fused-ring (bicyclic) bond motifs is 2. The van der Waals surface area contributed by atoms with Crippen LogP contribution in [0.1, 0.15) is 39.5 Å². The molecular formula is C19H27F3O6. The Bertz CT molecular complexity index is 638. The summed E-state index contributed by atoms with van der Waals surface area (Å²) in [6.07, 6.45) is -3.19. The highest BCUT2D eigenvalue weighted by Crippen LogP contribution is 2.61. The SMILES string of the molecule is COCCOCC1=C(C(F)(F)F)O[C@@H]2O[C@]3(C)CC[C@H]4[C@H](C)CC[C@@H]1[C@@]24OO3. The molecule has 0 amide bonds. The normalized spacial score (nSPS) is 42.8. The summed E-state index contributed by atoms with van der Waals surface area (Å²) >= 11 is 0. The third kappa shape index (κ3) is 3.15. The first-order valence-electron chi connectivity index (χ1n) is 9.79. The largest absolute Gasteiger partial charge is 0.456 e. The van der Waals surface area contributed by atoms with Gasteiger partial charge < -0.3 is 18.9 Å². The minimum atomic E-state index is -4.64. The maximum atomic E-state index is 13.9. The molecule has 3 saturated heterocycles. The van der Waals surface area contributed by atoms with Gasteiger partial charge in [-0.3, -0.25) is 0 Å². The second-order valence-corrected chi connectivity index (χ2v) is 8.37. The molecule has 1 spiro atoms. The zero-order valence-corrected chi connectivity index (χ0v) is 16.3. The van der Waals surface area contributed by atoms with E-state index < -0.39 is 35.5 Å². The van der Waals surface area contributed by atoms with Gasteiger partial charge in [0.2, 0.25) is 17.8 Å². The van der Waals surface area contributed by atoms with E-state index in [2.05, 4.69) is 6.92 Å². The van der Waals surface area contributed by atoms with Crippen molar-refractivity contribution in [2.45, 2.75) is 63.4 Å². The molecule has 6 nitrogen and oxygen atoms in total. The lowest BCUT2D eigenvalue weighted by Gasteiger charge is -2.57. The number of rotatable bonds is 5. The van der Waals surface area contributed by atoms with Crippen LogP contribution < -0.4 is 0 Å². The molecule has 4 aliphatic heterocycles. The number of hydrogen-bond acceptors (Lipinski definition) is 6. The molecule has 2 bridgehead atoms. The Balaban J connectivity index is 1.76. The predicted octanol–water partition coefficient (Wildman–Crippen LogP) is 3.71. The summed E-state index contributed by atoms with van der Waals surface area (Å²) in [6, 6.07) is 0. The van der Waals surface area contributed by atoms with Crippen molar-refractivity contribution < 1.29 is 41.9 Å². The predicted molar refractivity (Wildman–Crippen MR) is 89.7 cm³/mol. The molecule has 1 aliphatic carbocycles. The van der Waals surface area contributed by atoms with Crippen molar-refractivity contribution in [2.24, 2.45) is 17.8 Å². The van der Waals surface area contributed by atoms with Crippen LogP contribution >= 0.6 is 0 Å². The van der Waals surface area contributed by atoms with Crippen LogP contribution in [0.2, 0.25) is 0 Å². The van der Waals surface area contributed by atoms with E-state index in [1.165, 1.54) is 7.11 Å². The van der Waals surface area contributed by atoms with Crippen LogP contribution in [0.15, 0.2) is 11.3 Å². The Morgan fingerprint density at radius 2 is 1.93 bits per heavy atom. The van der Waals surface area contributed by atoms with Gasteiger partial charge in [-0.1, -0.05) is 6.92 Å². The summed E-state index contributed by atoms with van der Waals surface area (Å²) in [4.78, 5) is 11.5. The second-order valence-electron chi connectivity index (χ2n) is 8.37. The summed E-state index contributed by atoms with van der Waals surface area (Å²) in [5.74, 6) is -2.43. The summed E-state index contributed by atoms with van der Waals surface area (Å²) in [7, 11) is 1.51. The van der Waals surface area contributed by atoms with E-state index in [9.17, 15) is 13.2 Å². The lowest BCUT2D eigenvalue weighted by molar-refractivity contribution is -0.557. The Morgan fingerprint density at radius 3 is 2.64 bits per heavy atom. The second kappa shape index (κ2) is 7.12. The zero-order valence-electron chi connectivity index (χ0n) is 16.3. The molecular weight excluding hydrogens is 381 g/mol. The van der Waals surface area contributed by atoms with Crippen LogP contribution in [-0.2, 0) is 28.7 Å². The lowest BCUT2D eigenvalue weighted by Crippen LogP contribution is -2.67. The van der Waals surface area contributed by atoms with E-state index in [1.54, 1.807) is 6.92 Å². The van der Waals surface area contributed by atoms with Gasteiger partial charge >= 0.3 is 6.18 Å². The average Bonchev–Trinajstić information content (AvgIpc) is 2.86. The lowest BCUT2D eigenvalue weighted by atomic mass is 9.59. The molecule has 9 heteroatoms. The fourth-order valence-corrected chi connectivity index (χ4v) is 5.23. The monoisotopic (exact) mass is 408 g/mol. The van der Waals surface area contributed by atoms with E-state index in [4.69, 9.17) is 28.7 Å². The fourth-order valence-electron chi connectivity index (χ4n) is 5.23. The Hall–Kier alpha value is -0.870. The van der Waals surface area contributed by atoms with Gasteiger partial charge in [0.25, 0.3) is 0 Å². The van der Waals surface area contributed by atoms with Crippen LogP contribution in [0.25, 0.3) is 0 Å². The minimum absolute atomic E-state index is 0.0238. The number of hydrogen-bond donors (Lipinski definition) is 0. The first-order valence-corrected chi connectivity index (χ1v) is 9.79. The van der Waals surface area contributed by atoms with Crippen molar-refractivity contribution in [3.63, 3.8) is 0 Å². The summed E-state index contributed by atoms with van der Waals surface area (Å²) < 4.78 is 63.5. The summed E-state index contributed by atoms with van der Waals surface area (Å²) in [5.41, 5.74) is -1.02. The number of allylic oxidation sites excluding steroid dienone is 1. The van der Waals surface area contributed by atoms with Gasteiger partial charge in [-0.05, 0) is 32.1 Å². The van der Waals surface area contributed by atoms with E-state index in [-0.39, 0.29) is 30.6 Å². The first-order chi connectivity index (χ1) is 13.2. The highest BCUT2D eigenvalue weighted by atomic mass is 19.4. The van der Waals surface area contributed by atoms with Crippen molar-refractivity contribution in [1.29, 1.82) is 0 Å². The van der Waals surface area contributed by atoms with Gasteiger partial charge in [-0.15, -0.1) is 0 Å². The van der Waals surface area contributed by atoms with Gasteiger partial charge in [0.15, 0.2) is 5.60 Å². The van der Waals surface area contributed by atoms with Crippen LogP contribution in [0, 0.1) is 17.8 Å². The quantitative estimate of drug-likeness (QED) is 0.511. The molecule has 160 valence electrons. The van der Waals surface area contributed by atoms with Crippen LogP contribution in [0.5, 0.6) is 0 Å². The maximum absolute atomic E-state index is 13.9. The van der Waals surface area contributed by atoms with Crippen LogP contribution in [0.3, 0.4) is 0 Å². The first kappa shape index (κ1) is 20.4. The molecule has 0 radical (unpaired) electrons. The van der Waals surface area contributed by atoms with E-state index >= 15 is 0 Å². The molecule has 0 aromatic carbocycles. The molecule has 1 saturated carbocycles. The number of halogens is 3. The summed E-state index contributed by atoms with van der Waals surface area (Å²) in [5, 5.41) is 0. The zero-order chi connectivity index (χ0) is 20.2. The van der Waals surface area contributed by atoms with Crippen LogP contribution in [0.4, 0.5) is 13.2 Å². The topological polar surface area (TPSA) is 55.4 Å². The molecule has 4 heterocycles. The Labute approximate surface area is 162 Å². The van der Waals surface area contributed by atoms with Crippen molar-refractivity contribution in [1.82, 2.24) is 0 Å². The standard InChI is InChI=1S/C19H27F3O6/c1-11-4-5-14-12(10-24-9-8-23-3)15(19(20,21)22)25-16-18(14)13(11)6-7-17(2,26-16)27-28-18/h11,13-14,16H,4-10H2,1-3H3/t11-,13+,14+,16-,17+,18-/m1/s1. The smallest absolute Gasteiger partial charge is 0.449 e. The average molecular weight is 408 g/mol. The minimum Gasteiger partial charge on any atom is -0.456 e. The third-order valence-electron chi connectivity index (χ3n) is 6.60. The van der Waals surface area contributed by atoms with Gasteiger partial charge in [-0.2, -0.15) is 13.2 Å². The molecule has 6 atom stereocenters. The maximum Gasteiger partial charge on any atom is 0.449 e. The van der Waals surface area contributed by atoms with E-state index in [0.29, 0.717) is 19.4 Å². The number of methoxy groups -OCH3 is 1. The Morgan fingerprint density at radius 1 is 1.14 bits per heavy atom. The highest BCUT2D eigenvalue weighted by Gasteiger charge is 2.70. The molecule has 0 aromatic heterocycles. The Kier molecular flexibility index (Phi) is 5.19. The number of alkyl halides is 3. The van der Waals surface area contributed by atoms with Crippen molar-refractivity contribution >= 4 is 0 Å². The molecule has 28 heavy (non-hydrogen) atoms. The van der Waals surface area contributed by atoms with E-state index in [0.717, 1.165) is 12.8 Å². The molecule has 5 rings (SSSR count). The van der Waals surface area contributed by atoms with Gasteiger partial charge in [0.1, 0.15) is 0 Å². The summed E-state index contributed by atoms with van der Waals surface area (Å²) in [6.45, 7) is 4.09. The molecule has 0 N–H and O–H groups in total. The van der Waals surface area contributed by atoms with Crippen molar-refractivity contribution in [2.75, 3.05) is 26.9 Å². The van der Waals surface area contributed by atoms with Crippen molar-refractivity contribution in [3.8, 4) is 0 Å². The number of ether oxygens (including phenoxy) is 4. The molecule has 5 aliphatic rings. The van der Waals surface area contributed by atoms with Gasteiger partial charge in [0.05, 0.1) is 19.8 Å². The molecule has 4 fully saturated rings. The highest BCUT2D eigenvalue weighted by molar-refractivity contribution is 5.28. The van der Waals surface area contributed by atoms with E-state index in [1.807, 2.05) is 0 Å². The van der Waals surface area contributed by atoms with Gasteiger partial charge in [0, 0.05) is 30.9 Å². The molecule has 0 unspecified atom stereocenters. The van der Waals surface area contributed by atoms with Crippen LogP contribution in [-0.4, -0.2) is 50.8 Å². The van der Waals surface area contributed by atoms with Gasteiger partial charge in [-0.25, -0.2) is 9.78 Å². The fraction of sp³-hybridized carbons (Fsp3) is 0.895.